The number of thioether (sulfide) groups is 1. The summed E-state index contributed by atoms with van der Waals surface area (Å²) in [6, 6.07) is 5.40. The van der Waals surface area contributed by atoms with Crippen LogP contribution in [0, 0.1) is 5.92 Å². The molecule has 2 atom stereocenters. The number of hydrogen-bond donors (Lipinski definition) is 3. The van der Waals surface area contributed by atoms with E-state index in [2.05, 4.69) is 10.6 Å². The van der Waals surface area contributed by atoms with Crippen molar-refractivity contribution in [3.63, 3.8) is 0 Å². The zero-order valence-corrected chi connectivity index (χ0v) is 12.2. The number of amides is 1. The van der Waals surface area contributed by atoms with E-state index in [4.69, 9.17) is 11.6 Å². The third-order valence-corrected chi connectivity index (χ3v) is 4.30. The smallest absolute Gasteiger partial charge is 0.252 e. The van der Waals surface area contributed by atoms with Gasteiger partial charge in [-0.2, -0.15) is 0 Å². The summed E-state index contributed by atoms with van der Waals surface area (Å²) in [6.07, 6.45) is 1.55. The Morgan fingerprint density at radius 3 is 3.00 bits per heavy atom. The summed E-state index contributed by atoms with van der Waals surface area (Å²) in [7, 11) is 0. The summed E-state index contributed by atoms with van der Waals surface area (Å²) in [6.45, 7) is 1.76. The number of nitrogens with one attached hydrogen (secondary N) is 2. The second-order valence-corrected chi connectivity index (χ2v) is 5.83. The Kier molecular flexibility index (Phi) is 5.10. The Morgan fingerprint density at radius 2 is 2.37 bits per heavy atom. The number of rotatable bonds is 4. The van der Waals surface area contributed by atoms with Crippen molar-refractivity contribution in [2.45, 2.75) is 11.0 Å². The first-order valence-corrected chi connectivity index (χ1v) is 7.72. The number of aliphatic hydroxyl groups excluding tert-OH is 1. The van der Waals surface area contributed by atoms with Crippen LogP contribution < -0.4 is 10.6 Å². The molecule has 1 aliphatic heterocycles. The SMILES string of the molecule is CSc1ccc(Cl)c(C(=O)NCC2CNCC2O)c1. The normalized spacial score (nSPS) is 22.5. The first kappa shape index (κ1) is 14.7. The summed E-state index contributed by atoms with van der Waals surface area (Å²) >= 11 is 7.60. The molecule has 0 saturated carbocycles. The molecular formula is C13H17ClN2O2S. The molecule has 0 aromatic heterocycles. The fraction of sp³-hybridized carbons (Fsp3) is 0.462. The molecule has 1 fully saturated rings. The molecule has 1 saturated heterocycles. The molecule has 1 aromatic rings. The van der Waals surface area contributed by atoms with Crippen LogP contribution in [0.15, 0.2) is 23.1 Å². The molecule has 0 bridgehead atoms. The zero-order valence-electron chi connectivity index (χ0n) is 10.6. The average Bonchev–Trinajstić information content (AvgIpc) is 2.82. The molecule has 4 nitrogen and oxygen atoms in total. The van der Waals surface area contributed by atoms with E-state index in [0.29, 0.717) is 23.7 Å². The van der Waals surface area contributed by atoms with Crippen molar-refractivity contribution in [1.29, 1.82) is 0 Å². The van der Waals surface area contributed by atoms with Gasteiger partial charge in [0.1, 0.15) is 0 Å². The Hall–Kier alpha value is -0.750. The van der Waals surface area contributed by atoms with Crippen molar-refractivity contribution in [1.82, 2.24) is 10.6 Å². The summed E-state index contributed by atoms with van der Waals surface area (Å²) in [5.74, 6) is -0.133. The van der Waals surface area contributed by atoms with Gasteiger partial charge in [0.25, 0.3) is 5.91 Å². The zero-order chi connectivity index (χ0) is 13.8. The number of carbonyl (C=O) groups excluding carboxylic acids is 1. The van der Waals surface area contributed by atoms with Crippen molar-refractivity contribution >= 4 is 29.3 Å². The molecule has 3 N–H and O–H groups in total. The maximum absolute atomic E-state index is 12.1. The number of β-amino-alcohol motifs (C(OH)–C–C–N with tert-alkyl or cyclic N) is 1. The van der Waals surface area contributed by atoms with E-state index in [1.807, 2.05) is 12.3 Å². The predicted octanol–water partition coefficient (Wildman–Crippen LogP) is 1.37. The molecule has 0 radical (unpaired) electrons. The van der Waals surface area contributed by atoms with Crippen LogP contribution >= 0.6 is 23.4 Å². The molecule has 0 spiro atoms. The van der Waals surface area contributed by atoms with E-state index < -0.39 is 6.10 Å². The summed E-state index contributed by atoms with van der Waals surface area (Å²) in [5.41, 5.74) is 0.481. The maximum Gasteiger partial charge on any atom is 0.252 e. The van der Waals surface area contributed by atoms with E-state index in [9.17, 15) is 9.90 Å². The molecule has 2 unspecified atom stereocenters. The third-order valence-electron chi connectivity index (χ3n) is 3.25. The second kappa shape index (κ2) is 6.61. The van der Waals surface area contributed by atoms with Crippen molar-refractivity contribution in [3.05, 3.63) is 28.8 Å². The minimum atomic E-state index is -0.395. The number of hydrogen-bond acceptors (Lipinski definition) is 4. The summed E-state index contributed by atoms with van der Waals surface area (Å²) in [5, 5.41) is 16.0. The third kappa shape index (κ3) is 3.63. The molecule has 1 aromatic carbocycles. The molecule has 1 amide bonds. The first-order chi connectivity index (χ1) is 9.11. The van der Waals surface area contributed by atoms with Crippen LogP contribution in [0.2, 0.25) is 5.02 Å². The fourth-order valence-corrected chi connectivity index (χ4v) is 2.70. The van der Waals surface area contributed by atoms with E-state index in [0.717, 1.165) is 11.4 Å². The van der Waals surface area contributed by atoms with Gasteiger partial charge in [-0.1, -0.05) is 11.6 Å². The standard InChI is InChI=1S/C13H17ClN2O2S/c1-19-9-2-3-11(14)10(4-9)13(18)16-6-8-5-15-7-12(8)17/h2-4,8,12,15,17H,5-7H2,1H3,(H,16,18). The lowest BCUT2D eigenvalue weighted by Crippen LogP contribution is -2.34. The molecule has 6 heteroatoms. The van der Waals surface area contributed by atoms with Gasteiger partial charge in [0.2, 0.25) is 0 Å². The van der Waals surface area contributed by atoms with Crippen LogP contribution in [-0.2, 0) is 0 Å². The molecule has 1 heterocycles. The highest BCUT2D eigenvalue weighted by Gasteiger charge is 2.25. The highest BCUT2D eigenvalue weighted by Crippen LogP contribution is 2.23. The van der Waals surface area contributed by atoms with Crippen molar-refractivity contribution in [2.75, 3.05) is 25.9 Å². The van der Waals surface area contributed by atoms with Crippen LogP contribution in [0.5, 0.6) is 0 Å². The Labute approximate surface area is 121 Å². The van der Waals surface area contributed by atoms with Crippen LogP contribution in [0.3, 0.4) is 0 Å². The number of aliphatic hydroxyl groups is 1. The molecular weight excluding hydrogens is 284 g/mol. The van der Waals surface area contributed by atoms with E-state index in [1.54, 1.807) is 23.9 Å². The van der Waals surface area contributed by atoms with Crippen molar-refractivity contribution in [3.8, 4) is 0 Å². The lowest BCUT2D eigenvalue weighted by Gasteiger charge is -2.14. The van der Waals surface area contributed by atoms with Gasteiger partial charge in [0.05, 0.1) is 16.7 Å². The Bertz CT molecular complexity index is 470. The summed E-state index contributed by atoms with van der Waals surface area (Å²) < 4.78 is 0. The van der Waals surface area contributed by atoms with Gasteiger partial charge in [-0.15, -0.1) is 11.8 Å². The van der Waals surface area contributed by atoms with Gasteiger partial charge >= 0.3 is 0 Å². The van der Waals surface area contributed by atoms with Crippen molar-refractivity contribution < 1.29 is 9.90 Å². The monoisotopic (exact) mass is 300 g/mol. The van der Waals surface area contributed by atoms with Gasteiger partial charge in [0, 0.05) is 30.4 Å². The first-order valence-electron chi connectivity index (χ1n) is 6.12. The minimum Gasteiger partial charge on any atom is -0.391 e. The minimum absolute atomic E-state index is 0.0615. The van der Waals surface area contributed by atoms with Gasteiger partial charge in [-0.25, -0.2) is 0 Å². The highest BCUT2D eigenvalue weighted by atomic mass is 35.5. The van der Waals surface area contributed by atoms with Gasteiger partial charge in [0.15, 0.2) is 0 Å². The Morgan fingerprint density at radius 1 is 1.58 bits per heavy atom. The topological polar surface area (TPSA) is 61.4 Å². The number of benzene rings is 1. The van der Waals surface area contributed by atoms with Gasteiger partial charge in [-0.3, -0.25) is 4.79 Å². The van der Waals surface area contributed by atoms with Crippen LogP contribution in [0.1, 0.15) is 10.4 Å². The number of carbonyl (C=O) groups is 1. The second-order valence-electron chi connectivity index (χ2n) is 4.54. The van der Waals surface area contributed by atoms with Gasteiger partial charge in [-0.05, 0) is 24.5 Å². The molecule has 1 aliphatic rings. The molecule has 0 aliphatic carbocycles. The van der Waals surface area contributed by atoms with Gasteiger partial charge < -0.3 is 15.7 Å². The highest BCUT2D eigenvalue weighted by molar-refractivity contribution is 7.98. The van der Waals surface area contributed by atoms with Crippen LogP contribution in [-0.4, -0.2) is 43.0 Å². The quantitative estimate of drug-likeness (QED) is 0.735. The fourth-order valence-electron chi connectivity index (χ4n) is 2.05. The largest absolute Gasteiger partial charge is 0.391 e. The maximum atomic E-state index is 12.1. The van der Waals surface area contributed by atoms with E-state index in [-0.39, 0.29) is 11.8 Å². The Balaban J connectivity index is 1.99. The predicted molar refractivity (Wildman–Crippen MR) is 77.9 cm³/mol. The van der Waals surface area contributed by atoms with E-state index in [1.165, 1.54) is 0 Å². The molecule has 104 valence electrons. The van der Waals surface area contributed by atoms with E-state index >= 15 is 0 Å². The van der Waals surface area contributed by atoms with Crippen molar-refractivity contribution in [2.24, 2.45) is 5.92 Å². The number of halogens is 1. The van der Waals surface area contributed by atoms with Crippen LogP contribution in [0.4, 0.5) is 0 Å². The lowest BCUT2D eigenvalue weighted by molar-refractivity contribution is 0.0927. The van der Waals surface area contributed by atoms with Crippen LogP contribution in [0.25, 0.3) is 0 Å². The molecule has 19 heavy (non-hydrogen) atoms. The lowest BCUT2D eigenvalue weighted by atomic mass is 10.1. The molecule has 2 rings (SSSR count). The summed E-state index contributed by atoms with van der Waals surface area (Å²) in [4.78, 5) is 13.1. The average molecular weight is 301 g/mol.